The summed E-state index contributed by atoms with van der Waals surface area (Å²) in [6.07, 6.45) is 1.60. The molecule has 20 heavy (non-hydrogen) atoms. The first-order valence-electron chi connectivity index (χ1n) is 6.16. The molecule has 1 aromatic heterocycles. The van der Waals surface area contributed by atoms with Crippen molar-refractivity contribution >= 4 is 21.8 Å². The number of nitrogens with one attached hydrogen (secondary N) is 1. The maximum Gasteiger partial charge on any atom is 0.270 e. The van der Waals surface area contributed by atoms with Crippen LogP contribution in [0.1, 0.15) is 21.6 Å². The van der Waals surface area contributed by atoms with Crippen LogP contribution in [0.25, 0.3) is 0 Å². The lowest BCUT2D eigenvalue weighted by molar-refractivity contribution is 0.0945. The minimum atomic E-state index is -0.190. The molecular weight excluding hydrogens is 320 g/mol. The van der Waals surface area contributed by atoms with Gasteiger partial charge in [-0.1, -0.05) is 24.3 Å². The van der Waals surface area contributed by atoms with Crippen molar-refractivity contribution in [2.75, 3.05) is 7.11 Å². The van der Waals surface area contributed by atoms with Crippen molar-refractivity contribution < 1.29 is 9.53 Å². The highest BCUT2D eigenvalue weighted by molar-refractivity contribution is 9.10. The second kappa shape index (κ2) is 7.17. The standard InChI is InChI=1S/C15H15BrN2O2/c1-20-10-12-5-3-2-4-11(12)8-18-15(19)14-7-6-13(16)9-17-14/h2-7,9H,8,10H2,1H3,(H,18,19). The predicted molar refractivity (Wildman–Crippen MR) is 80.3 cm³/mol. The number of methoxy groups -OCH3 is 1. The highest BCUT2D eigenvalue weighted by Gasteiger charge is 2.08. The molecule has 2 aromatic rings. The Morgan fingerprint density at radius 3 is 2.65 bits per heavy atom. The lowest BCUT2D eigenvalue weighted by atomic mass is 10.1. The first kappa shape index (κ1) is 14.7. The Labute approximate surface area is 126 Å². The average molecular weight is 335 g/mol. The summed E-state index contributed by atoms with van der Waals surface area (Å²) in [4.78, 5) is 16.0. The van der Waals surface area contributed by atoms with E-state index in [-0.39, 0.29) is 5.91 Å². The largest absolute Gasteiger partial charge is 0.380 e. The average Bonchev–Trinajstić information content (AvgIpc) is 2.47. The van der Waals surface area contributed by atoms with E-state index >= 15 is 0 Å². The fourth-order valence-corrected chi connectivity index (χ4v) is 2.04. The summed E-state index contributed by atoms with van der Waals surface area (Å²) in [5.74, 6) is -0.190. The number of hydrogen-bond acceptors (Lipinski definition) is 3. The molecule has 1 aromatic carbocycles. The number of aromatic nitrogens is 1. The van der Waals surface area contributed by atoms with Crippen LogP contribution < -0.4 is 5.32 Å². The van der Waals surface area contributed by atoms with Gasteiger partial charge in [0.15, 0.2) is 0 Å². The highest BCUT2D eigenvalue weighted by atomic mass is 79.9. The number of amides is 1. The molecule has 0 saturated heterocycles. The molecule has 0 aliphatic carbocycles. The topological polar surface area (TPSA) is 51.2 Å². The van der Waals surface area contributed by atoms with Crippen LogP contribution in [0.15, 0.2) is 47.1 Å². The van der Waals surface area contributed by atoms with Crippen LogP contribution in [0.3, 0.4) is 0 Å². The minimum Gasteiger partial charge on any atom is -0.380 e. The Bertz CT molecular complexity index is 585. The van der Waals surface area contributed by atoms with Gasteiger partial charge in [-0.25, -0.2) is 4.98 Å². The van der Waals surface area contributed by atoms with E-state index in [1.165, 1.54) is 0 Å². The molecule has 0 spiro atoms. The van der Waals surface area contributed by atoms with Gasteiger partial charge >= 0.3 is 0 Å². The zero-order valence-electron chi connectivity index (χ0n) is 11.1. The summed E-state index contributed by atoms with van der Waals surface area (Å²) < 4.78 is 5.99. The molecule has 1 N–H and O–H groups in total. The van der Waals surface area contributed by atoms with E-state index in [0.717, 1.165) is 15.6 Å². The molecule has 1 amide bonds. The van der Waals surface area contributed by atoms with Crippen molar-refractivity contribution in [3.63, 3.8) is 0 Å². The van der Waals surface area contributed by atoms with Gasteiger partial charge in [-0.05, 0) is 39.2 Å². The van der Waals surface area contributed by atoms with Crippen molar-refractivity contribution in [3.05, 3.63) is 63.9 Å². The van der Waals surface area contributed by atoms with Crippen molar-refractivity contribution in [2.24, 2.45) is 0 Å². The molecule has 0 radical (unpaired) electrons. The molecule has 0 aliphatic rings. The third kappa shape index (κ3) is 3.88. The molecular formula is C15H15BrN2O2. The number of ether oxygens (including phenoxy) is 1. The van der Waals surface area contributed by atoms with Gasteiger partial charge in [-0.15, -0.1) is 0 Å². The molecule has 0 fully saturated rings. The van der Waals surface area contributed by atoms with E-state index in [2.05, 4.69) is 26.2 Å². The zero-order valence-corrected chi connectivity index (χ0v) is 12.7. The fourth-order valence-electron chi connectivity index (χ4n) is 1.80. The molecule has 0 unspecified atom stereocenters. The third-order valence-electron chi connectivity index (χ3n) is 2.82. The fraction of sp³-hybridized carbons (Fsp3) is 0.200. The predicted octanol–water partition coefficient (Wildman–Crippen LogP) is 2.92. The van der Waals surface area contributed by atoms with E-state index in [9.17, 15) is 4.79 Å². The van der Waals surface area contributed by atoms with Gasteiger partial charge in [0.2, 0.25) is 0 Å². The van der Waals surface area contributed by atoms with E-state index in [0.29, 0.717) is 18.8 Å². The number of carbonyl (C=O) groups is 1. The summed E-state index contributed by atoms with van der Waals surface area (Å²) in [5, 5.41) is 2.86. The zero-order chi connectivity index (χ0) is 14.4. The van der Waals surface area contributed by atoms with Gasteiger partial charge in [0.05, 0.1) is 6.61 Å². The van der Waals surface area contributed by atoms with Crippen LogP contribution in [0.4, 0.5) is 0 Å². The minimum absolute atomic E-state index is 0.190. The van der Waals surface area contributed by atoms with Gasteiger partial charge in [0.25, 0.3) is 5.91 Å². The second-order valence-corrected chi connectivity index (χ2v) is 5.16. The molecule has 2 rings (SSSR count). The van der Waals surface area contributed by atoms with Gasteiger partial charge in [0, 0.05) is 24.3 Å². The summed E-state index contributed by atoms with van der Waals surface area (Å²) in [6, 6.07) is 11.3. The first-order chi connectivity index (χ1) is 9.70. The van der Waals surface area contributed by atoms with Crippen LogP contribution in [0, 0.1) is 0 Å². The maximum absolute atomic E-state index is 12.0. The number of pyridine rings is 1. The van der Waals surface area contributed by atoms with Crippen molar-refractivity contribution in [1.82, 2.24) is 10.3 Å². The first-order valence-corrected chi connectivity index (χ1v) is 6.95. The van der Waals surface area contributed by atoms with Crippen molar-refractivity contribution in [2.45, 2.75) is 13.2 Å². The molecule has 0 bridgehead atoms. The SMILES string of the molecule is COCc1ccccc1CNC(=O)c1ccc(Br)cn1. The Balaban J connectivity index is 2.01. The number of halogens is 1. The van der Waals surface area contributed by atoms with E-state index in [1.807, 2.05) is 24.3 Å². The lowest BCUT2D eigenvalue weighted by Gasteiger charge is -2.09. The van der Waals surface area contributed by atoms with E-state index < -0.39 is 0 Å². The molecule has 104 valence electrons. The van der Waals surface area contributed by atoms with Crippen LogP contribution >= 0.6 is 15.9 Å². The molecule has 0 aliphatic heterocycles. The molecule has 1 heterocycles. The highest BCUT2D eigenvalue weighted by Crippen LogP contribution is 2.10. The summed E-state index contributed by atoms with van der Waals surface area (Å²) in [7, 11) is 1.65. The van der Waals surface area contributed by atoms with Crippen LogP contribution in [-0.4, -0.2) is 18.0 Å². The number of rotatable bonds is 5. The van der Waals surface area contributed by atoms with E-state index in [4.69, 9.17) is 4.74 Å². The van der Waals surface area contributed by atoms with Crippen LogP contribution in [0.5, 0.6) is 0 Å². The number of nitrogens with zero attached hydrogens (tertiary/aromatic N) is 1. The Kier molecular flexibility index (Phi) is 5.26. The summed E-state index contributed by atoms with van der Waals surface area (Å²) in [5.41, 5.74) is 2.51. The van der Waals surface area contributed by atoms with Gasteiger partial charge < -0.3 is 10.1 Å². The van der Waals surface area contributed by atoms with Gasteiger partial charge in [0.1, 0.15) is 5.69 Å². The van der Waals surface area contributed by atoms with Gasteiger partial charge in [-0.3, -0.25) is 4.79 Å². The van der Waals surface area contributed by atoms with Crippen molar-refractivity contribution in [1.29, 1.82) is 0 Å². The smallest absolute Gasteiger partial charge is 0.270 e. The summed E-state index contributed by atoms with van der Waals surface area (Å²) in [6.45, 7) is 0.985. The Morgan fingerprint density at radius 2 is 2.00 bits per heavy atom. The maximum atomic E-state index is 12.0. The monoisotopic (exact) mass is 334 g/mol. The van der Waals surface area contributed by atoms with Crippen LogP contribution in [0.2, 0.25) is 0 Å². The van der Waals surface area contributed by atoms with Crippen molar-refractivity contribution in [3.8, 4) is 0 Å². The molecule has 5 heteroatoms. The lowest BCUT2D eigenvalue weighted by Crippen LogP contribution is -2.24. The molecule has 0 atom stereocenters. The van der Waals surface area contributed by atoms with E-state index in [1.54, 1.807) is 25.4 Å². The van der Waals surface area contributed by atoms with Gasteiger partial charge in [-0.2, -0.15) is 0 Å². The Hall–Kier alpha value is -1.72. The normalized spacial score (nSPS) is 10.3. The third-order valence-corrected chi connectivity index (χ3v) is 3.29. The molecule has 4 nitrogen and oxygen atoms in total. The Morgan fingerprint density at radius 1 is 1.25 bits per heavy atom. The summed E-state index contributed by atoms with van der Waals surface area (Å²) >= 11 is 3.29. The molecule has 0 saturated carbocycles. The second-order valence-electron chi connectivity index (χ2n) is 4.25. The number of carbonyl (C=O) groups excluding carboxylic acids is 1. The van der Waals surface area contributed by atoms with Crippen LogP contribution in [-0.2, 0) is 17.9 Å². The number of benzene rings is 1. The quantitative estimate of drug-likeness (QED) is 0.914. The number of hydrogen-bond donors (Lipinski definition) is 1.